The standard InChI is InChI=1S/C17H18BrFO7S/c1-8(20)23-14-7-27-17(26-13-5-4-11(18)6-12(13)19)16(25-10(3)22)15(14)24-9(2)21/h4-6,14-17H,7H2,1-3H3/t14-,15+,16-,17+/m1/s1. The highest BCUT2D eigenvalue weighted by atomic mass is 79.9. The number of carbonyl (C=O) groups is 3. The highest BCUT2D eigenvalue weighted by Crippen LogP contribution is 2.35. The molecule has 10 heteroatoms. The van der Waals surface area contributed by atoms with E-state index in [1.807, 2.05) is 0 Å². The average Bonchev–Trinajstić information content (AvgIpc) is 2.53. The first-order valence-corrected chi connectivity index (χ1v) is 9.76. The maximum absolute atomic E-state index is 14.1. The lowest BCUT2D eigenvalue weighted by Gasteiger charge is -2.39. The van der Waals surface area contributed by atoms with Crippen molar-refractivity contribution in [3.05, 3.63) is 28.5 Å². The van der Waals surface area contributed by atoms with Crippen LogP contribution in [0.3, 0.4) is 0 Å². The Bertz CT molecular complexity index is 729. The van der Waals surface area contributed by atoms with Gasteiger partial charge < -0.3 is 18.9 Å². The number of ether oxygens (including phenoxy) is 4. The Morgan fingerprint density at radius 3 is 2.19 bits per heavy atom. The van der Waals surface area contributed by atoms with Gasteiger partial charge in [-0.05, 0) is 18.2 Å². The molecule has 1 aromatic rings. The summed E-state index contributed by atoms with van der Waals surface area (Å²) in [6.45, 7) is 3.58. The molecule has 1 aromatic carbocycles. The van der Waals surface area contributed by atoms with Crippen molar-refractivity contribution in [2.75, 3.05) is 5.75 Å². The third-order valence-corrected chi connectivity index (χ3v) is 5.15. The van der Waals surface area contributed by atoms with Crippen LogP contribution >= 0.6 is 27.7 Å². The first-order chi connectivity index (χ1) is 12.7. The van der Waals surface area contributed by atoms with Crippen LogP contribution in [0.15, 0.2) is 22.7 Å². The molecule has 1 aliphatic rings. The van der Waals surface area contributed by atoms with Crippen LogP contribution in [0.25, 0.3) is 0 Å². The van der Waals surface area contributed by atoms with Crippen molar-refractivity contribution in [3.8, 4) is 5.75 Å². The SMILES string of the molecule is CC(=O)O[C@@H]1[C@@H](OC(C)=O)[C@@H](Oc2ccc(Br)cc2F)SC[C@H]1OC(C)=O. The summed E-state index contributed by atoms with van der Waals surface area (Å²) in [5.41, 5.74) is -0.874. The highest BCUT2D eigenvalue weighted by molar-refractivity contribution is 9.10. The van der Waals surface area contributed by atoms with Crippen molar-refractivity contribution in [3.63, 3.8) is 0 Å². The number of hydrogen-bond donors (Lipinski definition) is 0. The van der Waals surface area contributed by atoms with E-state index in [9.17, 15) is 18.8 Å². The van der Waals surface area contributed by atoms with E-state index in [0.29, 0.717) is 4.47 Å². The van der Waals surface area contributed by atoms with Crippen molar-refractivity contribution in [2.45, 2.75) is 44.5 Å². The Balaban J connectivity index is 2.30. The van der Waals surface area contributed by atoms with Crippen LogP contribution in [-0.2, 0) is 28.6 Å². The van der Waals surface area contributed by atoms with Gasteiger partial charge in [0.2, 0.25) is 0 Å². The van der Waals surface area contributed by atoms with Gasteiger partial charge in [0.1, 0.15) is 0 Å². The van der Waals surface area contributed by atoms with Gasteiger partial charge in [-0.3, -0.25) is 14.4 Å². The predicted octanol–water partition coefficient (Wildman–Crippen LogP) is 2.84. The molecule has 0 N–H and O–H groups in total. The topological polar surface area (TPSA) is 88.1 Å². The van der Waals surface area contributed by atoms with Gasteiger partial charge in [-0.25, -0.2) is 4.39 Å². The molecule has 1 aliphatic heterocycles. The van der Waals surface area contributed by atoms with Crippen molar-refractivity contribution in [1.29, 1.82) is 0 Å². The molecular weight excluding hydrogens is 447 g/mol. The van der Waals surface area contributed by atoms with Crippen LogP contribution in [-0.4, -0.2) is 47.4 Å². The maximum atomic E-state index is 14.1. The van der Waals surface area contributed by atoms with Gasteiger partial charge in [-0.15, -0.1) is 11.8 Å². The molecule has 0 aromatic heterocycles. The second-order valence-corrected chi connectivity index (χ2v) is 7.74. The molecule has 0 spiro atoms. The molecule has 27 heavy (non-hydrogen) atoms. The molecule has 7 nitrogen and oxygen atoms in total. The van der Waals surface area contributed by atoms with E-state index < -0.39 is 47.5 Å². The summed E-state index contributed by atoms with van der Waals surface area (Å²) >= 11 is 4.31. The fraction of sp³-hybridized carbons (Fsp3) is 0.471. The van der Waals surface area contributed by atoms with Gasteiger partial charge in [-0.1, -0.05) is 15.9 Å². The minimum atomic E-state index is -1.10. The maximum Gasteiger partial charge on any atom is 0.303 e. The van der Waals surface area contributed by atoms with Gasteiger partial charge in [0.05, 0.1) is 0 Å². The largest absolute Gasteiger partial charge is 0.473 e. The van der Waals surface area contributed by atoms with Gasteiger partial charge >= 0.3 is 17.9 Å². The van der Waals surface area contributed by atoms with Crippen molar-refractivity contribution in [2.24, 2.45) is 0 Å². The summed E-state index contributed by atoms with van der Waals surface area (Å²) in [4.78, 5) is 34.4. The zero-order valence-electron chi connectivity index (χ0n) is 14.8. The number of halogens is 2. The monoisotopic (exact) mass is 464 g/mol. The molecule has 0 amide bonds. The van der Waals surface area contributed by atoms with Crippen molar-refractivity contribution in [1.82, 2.24) is 0 Å². The molecule has 0 unspecified atom stereocenters. The molecule has 1 saturated heterocycles. The van der Waals surface area contributed by atoms with Crippen LogP contribution in [0.2, 0.25) is 0 Å². The predicted molar refractivity (Wildman–Crippen MR) is 97.6 cm³/mol. The minimum absolute atomic E-state index is 0.0552. The Morgan fingerprint density at radius 1 is 1.04 bits per heavy atom. The fourth-order valence-electron chi connectivity index (χ4n) is 2.51. The van der Waals surface area contributed by atoms with E-state index in [2.05, 4.69) is 15.9 Å². The molecule has 0 saturated carbocycles. The number of benzene rings is 1. The Hall–Kier alpha value is -1.81. The summed E-state index contributed by atoms with van der Waals surface area (Å²) in [7, 11) is 0. The van der Waals surface area contributed by atoms with Crippen molar-refractivity contribution < 1.29 is 37.7 Å². The normalized spacial score (nSPS) is 24.6. The third kappa shape index (κ3) is 6.10. The molecule has 0 bridgehead atoms. The zero-order chi connectivity index (χ0) is 20.1. The number of carbonyl (C=O) groups excluding carboxylic acids is 3. The minimum Gasteiger partial charge on any atom is -0.473 e. The molecule has 0 aliphatic carbocycles. The quantitative estimate of drug-likeness (QED) is 0.485. The Labute approximate surface area is 168 Å². The van der Waals surface area contributed by atoms with Crippen LogP contribution in [0.1, 0.15) is 20.8 Å². The Morgan fingerprint density at radius 2 is 1.63 bits per heavy atom. The van der Waals surface area contributed by atoms with E-state index >= 15 is 0 Å². The second-order valence-electron chi connectivity index (χ2n) is 5.69. The average molecular weight is 465 g/mol. The highest BCUT2D eigenvalue weighted by Gasteiger charge is 2.47. The number of hydrogen-bond acceptors (Lipinski definition) is 8. The van der Waals surface area contributed by atoms with E-state index in [-0.39, 0.29) is 11.5 Å². The number of esters is 3. The second kappa shape index (κ2) is 9.41. The van der Waals surface area contributed by atoms with E-state index in [1.54, 1.807) is 6.07 Å². The third-order valence-electron chi connectivity index (χ3n) is 3.44. The molecule has 2 rings (SSSR count). The summed E-state index contributed by atoms with van der Waals surface area (Å²) in [5, 5.41) is 0. The first-order valence-electron chi connectivity index (χ1n) is 7.92. The smallest absolute Gasteiger partial charge is 0.303 e. The fourth-order valence-corrected chi connectivity index (χ4v) is 4.05. The lowest BCUT2D eigenvalue weighted by atomic mass is 10.1. The lowest BCUT2D eigenvalue weighted by Crippen LogP contribution is -2.55. The molecule has 148 valence electrons. The first kappa shape index (κ1) is 21.5. The van der Waals surface area contributed by atoms with Gasteiger partial charge in [-0.2, -0.15) is 0 Å². The molecule has 1 heterocycles. The molecule has 1 fully saturated rings. The summed E-state index contributed by atoms with van der Waals surface area (Å²) in [6, 6.07) is 4.25. The van der Waals surface area contributed by atoms with Crippen LogP contribution in [0.5, 0.6) is 5.75 Å². The van der Waals surface area contributed by atoms with Crippen LogP contribution < -0.4 is 4.74 Å². The van der Waals surface area contributed by atoms with E-state index in [4.69, 9.17) is 18.9 Å². The van der Waals surface area contributed by atoms with Crippen LogP contribution in [0.4, 0.5) is 4.39 Å². The van der Waals surface area contributed by atoms with Gasteiger partial charge in [0, 0.05) is 31.0 Å². The Kier molecular flexibility index (Phi) is 7.49. The van der Waals surface area contributed by atoms with Crippen molar-refractivity contribution >= 4 is 45.6 Å². The van der Waals surface area contributed by atoms with Crippen LogP contribution in [0, 0.1) is 5.82 Å². The van der Waals surface area contributed by atoms with E-state index in [0.717, 1.165) is 11.8 Å². The lowest BCUT2D eigenvalue weighted by molar-refractivity contribution is -0.186. The number of rotatable bonds is 5. The molecule has 0 radical (unpaired) electrons. The summed E-state index contributed by atoms with van der Waals surface area (Å²) in [6.07, 6.45) is -3.02. The van der Waals surface area contributed by atoms with E-state index in [1.165, 1.54) is 32.9 Å². The van der Waals surface area contributed by atoms with Gasteiger partial charge in [0.25, 0.3) is 0 Å². The zero-order valence-corrected chi connectivity index (χ0v) is 17.2. The molecule has 4 atom stereocenters. The number of thioether (sulfide) groups is 1. The summed E-state index contributed by atoms with van der Waals surface area (Å²) < 4.78 is 36.1. The van der Waals surface area contributed by atoms with Gasteiger partial charge in [0.15, 0.2) is 35.3 Å². The molecular formula is C17H18BrFO7S. The summed E-state index contributed by atoms with van der Waals surface area (Å²) in [5.74, 6) is -2.32.